The molecule has 1 heterocycles. The lowest BCUT2D eigenvalue weighted by molar-refractivity contribution is 0.166. The van der Waals surface area contributed by atoms with Crippen molar-refractivity contribution in [1.29, 1.82) is 0 Å². The van der Waals surface area contributed by atoms with Crippen LogP contribution in [0.3, 0.4) is 0 Å². The molecule has 0 bridgehead atoms. The quantitative estimate of drug-likeness (QED) is 0.417. The van der Waals surface area contributed by atoms with Gasteiger partial charge in [0, 0.05) is 38.2 Å². The minimum absolute atomic E-state index is 0.505. The van der Waals surface area contributed by atoms with Crippen LogP contribution in [-0.2, 0) is 11.3 Å². The molecule has 3 rings (SSSR count). The standard InChI is InChI=1S/C22H33N3O2/c1-17-7-8-20(21(13-17)27-16-19-10-12-26-15-19)14-25-22(23-2)24-11-9-18-5-3-4-6-18/h5,7-8,13,19H,3-4,6,9-12,14-16H2,1-2H3,(H2,23,24,25). The number of hydrogen-bond acceptors (Lipinski definition) is 3. The first-order valence-corrected chi connectivity index (χ1v) is 10.2. The average molecular weight is 372 g/mol. The van der Waals surface area contributed by atoms with E-state index in [0.717, 1.165) is 56.5 Å². The Morgan fingerprint density at radius 2 is 2.26 bits per heavy atom. The smallest absolute Gasteiger partial charge is 0.191 e. The van der Waals surface area contributed by atoms with Gasteiger partial charge in [-0.1, -0.05) is 23.8 Å². The van der Waals surface area contributed by atoms with Crippen LogP contribution in [-0.4, -0.2) is 39.4 Å². The summed E-state index contributed by atoms with van der Waals surface area (Å²) in [5.74, 6) is 2.30. The Hall–Kier alpha value is -2.01. The van der Waals surface area contributed by atoms with Gasteiger partial charge in [0.2, 0.25) is 0 Å². The summed E-state index contributed by atoms with van der Waals surface area (Å²) in [7, 11) is 1.82. The summed E-state index contributed by atoms with van der Waals surface area (Å²) in [6.45, 7) is 6.10. The highest BCUT2D eigenvalue weighted by atomic mass is 16.5. The van der Waals surface area contributed by atoms with Crippen LogP contribution >= 0.6 is 0 Å². The molecule has 1 unspecified atom stereocenters. The molecule has 2 aliphatic rings. The Balaban J connectivity index is 1.49. The predicted octanol–water partition coefficient (Wildman–Crippen LogP) is 3.58. The van der Waals surface area contributed by atoms with Crippen molar-refractivity contribution < 1.29 is 9.47 Å². The minimum Gasteiger partial charge on any atom is -0.493 e. The molecule has 1 fully saturated rings. The molecule has 1 saturated heterocycles. The van der Waals surface area contributed by atoms with Gasteiger partial charge >= 0.3 is 0 Å². The molecule has 0 radical (unpaired) electrons. The first-order chi connectivity index (χ1) is 13.2. The van der Waals surface area contributed by atoms with Crippen molar-refractivity contribution in [2.75, 3.05) is 33.4 Å². The van der Waals surface area contributed by atoms with E-state index in [1.54, 1.807) is 5.57 Å². The van der Waals surface area contributed by atoms with E-state index >= 15 is 0 Å². The number of ether oxygens (including phenoxy) is 2. The van der Waals surface area contributed by atoms with Gasteiger partial charge in [0.15, 0.2) is 5.96 Å². The number of aryl methyl sites for hydroxylation is 1. The van der Waals surface area contributed by atoms with E-state index < -0.39 is 0 Å². The van der Waals surface area contributed by atoms with Crippen LogP contribution < -0.4 is 15.4 Å². The SMILES string of the molecule is CN=C(NCCC1=CCCC1)NCc1ccc(C)cc1OCC1CCOC1. The zero-order chi connectivity index (χ0) is 18.9. The Bertz CT molecular complexity index is 664. The summed E-state index contributed by atoms with van der Waals surface area (Å²) in [5, 5.41) is 6.83. The van der Waals surface area contributed by atoms with E-state index in [4.69, 9.17) is 9.47 Å². The van der Waals surface area contributed by atoms with E-state index in [1.165, 1.54) is 24.8 Å². The van der Waals surface area contributed by atoms with Crippen molar-refractivity contribution in [3.05, 3.63) is 41.0 Å². The maximum Gasteiger partial charge on any atom is 0.191 e. The van der Waals surface area contributed by atoms with Crippen LogP contribution in [0.1, 0.15) is 43.2 Å². The highest BCUT2D eigenvalue weighted by Crippen LogP contribution is 2.23. The number of guanidine groups is 1. The lowest BCUT2D eigenvalue weighted by Crippen LogP contribution is -2.37. The van der Waals surface area contributed by atoms with Gasteiger partial charge in [-0.15, -0.1) is 0 Å². The summed E-state index contributed by atoms with van der Waals surface area (Å²) in [6.07, 6.45) is 8.37. The van der Waals surface area contributed by atoms with Gasteiger partial charge in [0.1, 0.15) is 5.75 Å². The van der Waals surface area contributed by atoms with Crippen LogP contribution in [0.5, 0.6) is 5.75 Å². The lowest BCUT2D eigenvalue weighted by Gasteiger charge is -2.17. The van der Waals surface area contributed by atoms with Crippen LogP contribution in [0.25, 0.3) is 0 Å². The van der Waals surface area contributed by atoms with E-state index in [2.05, 4.69) is 46.8 Å². The van der Waals surface area contributed by atoms with Gasteiger partial charge in [-0.25, -0.2) is 0 Å². The second-order valence-corrected chi connectivity index (χ2v) is 7.51. The topological polar surface area (TPSA) is 54.9 Å². The van der Waals surface area contributed by atoms with Crippen molar-refractivity contribution in [2.24, 2.45) is 10.9 Å². The summed E-state index contributed by atoms with van der Waals surface area (Å²) in [6, 6.07) is 6.39. The van der Waals surface area contributed by atoms with Crippen LogP contribution in [0, 0.1) is 12.8 Å². The van der Waals surface area contributed by atoms with Gasteiger partial charge in [-0.3, -0.25) is 4.99 Å². The Kier molecular flexibility index (Phi) is 7.57. The summed E-state index contributed by atoms with van der Waals surface area (Å²) in [4.78, 5) is 4.34. The Labute approximate surface area is 163 Å². The normalized spacial score (nSPS) is 19.9. The van der Waals surface area contributed by atoms with Crippen molar-refractivity contribution in [1.82, 2.24) is 10.6 Å². The summed E-state index contributed by atoms with van der Waals surface area (Å²) < 4.78 is 11.6. The molecule has 0 spiro atoms. The molecule has 1 aliphatic carbocycles. The minimum atomic E-state index is 0.505. The highest BCUT2D eigenvalue weighted by Gasteiger charge is 2.17. The Morgan fingerprint density at radius 1 is 1.33 bits per heavy atom. The van der Waals surface area contributed by atoms with Crippen molar-refractivity contribution in [3.63, 3.8) is 0 Å². The molecule has 27 heavy (non-hydrogen) atoms. The zero-order valence-corrected chi connectivity index (χ0v) is 16.7. The first-order valence-electron chi connectivity index (χ1n) is 10.2. The van der Waals surface area contributed by atoms with Crippen LogP contribution in [0.2, 0.25) is 0 Å². The third-order valence-electron chi connectivity index (χ3n) is 5.26. The molecular weight excluding hydrogens is 338 g/mol. The van der Waals surface area contributed by atoms with Crippen LogP contribution in [0.4, 0.5) is 0 Å². The van der Waals surface area contributed by atoms with Gasteiger partial charge in [-0.2, -0.15) is 0 Å². The zero-order valence-electron chi connectivity index (χ0n) is 16.7. The average Bonchev–Trinajstić information content (AvgIpc) is 3.37. The maximum atomic E-state index is 6.13. The van der Waals surface area contributed by atoms with Crippen LogP contribution in [0.15, 0.2) is 34.8 Å². The molecule has 2 N–H and O–H groups in total. The number of nitrogens with one attached hydrogen (secondary N) is 2. The molecule has 5 heteroatoms. The van der Waals surface area contributed by atoms with Crippen molar-refractivity contribution >= 4 is 5.96 Å². The van der Waals surface area contributed by atoms with Gasteiger partial charge in [0.25, 0.3) is 0 Å². The fourth-order valence-electron chi connectivity index (χ4n) is 3.57. The van der Waals surface area contributed by atoms with E-state index in [-0.39, 0.29) is 0 Å². The number of allylic oxidation sites excluding steroid dienone is 1. The van der Waals surface area contributed by atoms with Crippen molar-refractivity contribution in [2.45, 2.75) is 45.6 Å². The monoisotopic (exact) mass is 371 g/mol. The molecule has 1 atom stereocenters. The summed E-state index contributed by atoms with van der Waals surface area (Å²) >= 11 is 0. The van der Waals surface area contributed by atoms with Gasteiger partial charge in [-0.05, 0) is 50.7 Å². The predicted molar refractivity (Wildman–Crippen MR) is 110 cm³/mol. The molecule has 0 saturated carbocycles. The largest absolute Gasteiger partial charge is 0.493 e. The molecule has 0 amide bonds. The van der Waals surface area contributed by atoms with Gasteiger partial charge in [0.05, 0.1) is 13.2 Å². The lowest BCUT2D eigenvalue weighted by atomic mass is 10.1. The number of nitrogens with zero attached hydrogens (tertiary/aromatic N) is 1. The van der Waals surface area contributed by atoms with Gasteiger partial charge < -0.3 is 20.1 Å². The number of benzene rings is 1. The molecular formula is C22H33N3O2. The third-order valence-corrected chi connectivity index (χ3v) is 5.26. The van der Waals surface area contributed by atoms with E-state index in [1.807, 2.05) is 7.05 Å². The van der Waals surface area contributed by atoms with E-state index in [9.17, 15) is 0 Å². The van der Waals surface area contributed by atoms with E-state index in [0.29, 0.717) is 12.5 Å². The molecule has 0 aromatic heterocycles. The Morgan fingerprint density at radius 3 is 3.00 bits per heavy atom. The molecule has 1 aromatic carbocycles. The number of hydrogen-bond donors (Lipinski definition) is 2. The fraction of sp³-hybridized carbons (Fsp3) is 0.591. The molecule has 148 valence electrons. The maximum absolute atomic E-state index is 6.13. The number of aliphatic imine (C=N–C) groups is 1. The second-order valence-electron chi connectivity index (χ2n) is 7.51. The third kappa shape index (κ3) is 6.28. The fourth-order valence-corrected chi connectivity index (χ4v) is 3.57. The number of rotatable bonds is 8. The molecule has 1 aliphatic heterocycles. The molecule has 1 aromatic rings. The highest BCUT2D eigenvalue weighted by molar-refractivity contribution is 5.79. The summed E-state index contributed by atoms with van der Waals surface area (Å²) in [5.41, 5.74) is 3.94. The molecule has 5 nitrogen and oxygen atoms in total. The second kappa shape index (κ2) is 10.4. The van der Waals surface area contributed by atoms with Crippen molar-refractivity contribution in [3.8, 4) is 5.75 Å². The first kappa shape index (κ1) is 19.7.